The monoisotopic (exact) mass is 284 g/mol. The molecule has 21 heavy (non-hydrogen) atoms. The summed E-state index contributed by atoms with van der Waals surface area (Å²) in [7, 11) is 1.36. The maximum atomic E-state index is 11.8. The molecule has 0 fully saturated rings. The zero-order valence-electron chi connectivity index (χ0n) is 12.3. The van der Waals surface area contributed by atoms with Gasteiger partial charge < -0.3 is 15.8 Å². The molecule has 0 spiro atoms. The van der Waals surface area contributed by atoms with Gasteiger partial charge in [0.05, 0.1) is 24.0 Å². The van der Waals surface area contributed by atoms with Crippen molar-refractivity contribution in [3.63, 3.8) is 0 Å². The summed E-state index contributed by atoms with van der Waals surface area (Å²) in [4.78, 5) is 11.8. The third kappa shape index (κ3) is 3.54. The smallest absolute Gasteiger partial charge is 0.340 e. The fourth-order valence-corrected chi connectivity index (χ4v) is 2.18. The van der Waals surface area contributed by atoms with Crippen LogP contribution in [0.3, 0.4) is 0 Å². The van der Waals surface area contributed by atoms with Gasteiger partial charge in [-0.2, -0.15) is 0 Å². The molecule has 0 unspecified atom stereocenters. The highest BCUT2D eigenvalue weighted by Gasteiger charge is 2.14. The zero-order chi connectivity index (χ0) is 15.2. The minimum atomic E-state index is -0.410. The Balaban J connectivity index is 2.28. The average Bonchev–Trinajstić information content (AvgIpc) is 2.50. The van der Waals surface area contributed by atoms with Crippen molar-refractivity contribution in [1.29, 1.82) is 0 Å². The van der Waals surface area contributed by atoms with Crippen molar-refractivity contribution in [3.05, 3.63) is 53.6 Å². The topological polar surface area (TPSA) is 64.3 Å². The van der Waals surface area contributed by atoms with Crippen molar-refractivity contribution in [2.75, 3.05) is 18.2 Å². The molecule has 0 saturated heterocycles. The van der Waals surface area contributed by atoms with Gasteiger partial charge in [0, 0.05) is 5.69 Å². The maximum absolute atomic E-state index is 11.8. The molecule has 0 aliphatic rings. The lowest BCUT2D eigenvalue weighted by atomic mass is 10.1. The van der Waals surface area contributed by atoms with E-state index in [9.17, 15) is 4.79 Å². The molecule has 0 atom stereocenters. The van der Waals surface area contributed by atoms with E-state index in [1.165, 1.54) is 12.7 Å². The highest BCUT2D eigenvalue weighted by molar-refractivity contribution is 5.99. The molecular weight excluding hydrogens is 264 g/mol. The summed E-state index contributed by atoms with van der Waals surface area (Å²) in [5, 5.41) is 3.20. The number of nitrogen functional groups attached to an aromatic ring is 1. The van der Waals surface area contributed by atoms with Gasteiger partial charge in [-0.1, -0.05) is 31.5 Å². The minimum absolute atomic E-state index is 0.410. The van der Waals surface area contributed by atoms with Crippen LogP contribution in [0.15, 0.2) is 42.5 Å². The molecule has 4 nitrogen and oxygen atoms in total. The summed E-state index contributed by atoms with van der Waals surface area (Å²) in [6.45, 7) is 2.15. The first-order chi connectivity index (χ1) is 10.2. The van der Waals surface area contributed by atoms with E-state index in [1.807, 2.05) is 12.1 Å². The van der Waals surface area contributed by atoms with Gasteiger partial charge >= 0.3 is 5.97 Å². The van der Waals surface area contributed by atoms with Crippen molar-refractivity contribution >= 4 is 23.0 Å². The number of methoxy groups -OCH3 is 1. The van der Waals surface area contributed by atoms with Gasteiger partial charge in [-0.25, -0.2) is 4.79 Å². The summed E-state index contributed by atoms with van der Waals surface area (Å²) in [6.07, 6.45) is 2.17. The number of nitrogens with two attached hydrogens (primary N) is 1. The van der Waals surface area contributed by atoms with E-state index >= 15 is 0 Å². The quantitative estimate of drug-likeness (QED) is 0.648. The first kappa shape index (κ1) is 14.9. The Morgan fingerprint density at radius 1 is 1.19 bits per heavy atom. The molecule has 0 bridgehead atoms. The van der Waals surface area contributed by atoms with E-state index in [2.05, 4.69) is 24.4 Å². The van der Waals surface area contributed by atoms with Gasteiger partial charge in [-0.05, 0) is 36.2 Å². The van der Waals surface area contributed by atoms with Gasteiger partial charge in [-0.3, -0.25) is 0 Å². The second-order valence-corrected chi connectivity index (χ2v) is 4.83. The number of rotatable bonds is 5. The summed E-state index contributed by atoms with van der Waals surface area (Å²) in [5.41, 5.74) is 9.66. The Morgan fingerprint density at radius 2 is 1.90 bits per heavy atom. The van der Waals surface area contributed by atoms with Crippen LogP contribution in [0.5, 0.6) is 0 Å². The molecular formula is C17H20N2O2. The third-order valence-electron chi connectivity index (χ3n) is 3.26. The second kappa shape index (κ2) is 6.79. The van der Waals surface area contributed by atoms with Gasteiger partial charge in [0.15, 0.2) is 0 Å². The van der Waals surface area contributed by atoms with Crippen molar-refractivity contribution in [2.24, 2.45) is 0 Å². The van der Waals surface area contributed by atoms with E-state index in [1.54, 1.807) is 18.2 Å². The number of carbonyl (C=O) groups excluding carboxylic acids is 1. The number of ether oxygens (including phenoxy) is 1. The van der Waals surface area contributed by atoms with Crippen molar-refractivity contribution in [2.45, 2.75) is 19.8 Å². The Kier molecular flexibility index (Phi) is 4.82. The maximum Gasteiger partial charge on any atom is 0.340 e. The molecule has 0 heterocycles. The Bertz CT molecular complexity index is 621. The molecule has 2 aromatic carbocycles. The predicted molar refractivity (Wildman–Crippen MR) is 85.9 cm³/mol. The summed E-state index contributed by atoms with van der Waals surface area (Å²) in [5.74, 6) is -0.410. The minimum Gasteiger partial charge on any atom is -0.465 e. The normalized spacial score (nSPS) is 10.2. The molecule has 0 aliphatic carbocycles. The van der Waals surface area contributed by atoms with Crippen LogP contribution in [-0.2, 0) is 11.2 Å². The molecule has 0 amide bonds. The Hall–Kier alpha value is -2.49. The highest BCUT2D eigenvalue weighted by atomic mass is 16.5. The Labute approximate surface area is 124 Å². The van der Waals surface area contributed by atoms with E-state index < -0.39 is 5.97 Å². The molecule has 0 aromatic heterocycles. The molecule has 0 aliphatic heterocycles. The van der Waals surface area contributed by atoms with Crippen LogP contribution < -0.4 is 11.1 Å². The van der Waals surface area contributed by atoms with Crippen LogP contribution in [0.4, 0.5) is 17.1 Å². The first-order valence-electron chi connectivity index (χ1n) is 6.98. The summed E-state index contributed by atoms with van der Waals surface area (Å²) in [6, 6.07) is 13.3. The average molecular weight is 284 g/mol. The van der Waals surface area contributed by atoms with Crippen molar-refractivity contribution < 1.29 is 9.53 Å². The zero-order valence-corrected chi connectivity index (χ0v) is 12.3. The van der Waals surface area contributed by atoms with Gasteiger partial charge in [-0.15, -0.1) is 0 Å². The molecule has 4 heteroatoms. The van der Waals surface area contributed by atoms with Crippen LogP contribution in [0.1, 0.15) is 29.3 Å². The van der Waals surface area contributed by atoms with Crippen molar-refractivity contribution in [3.8, 4) is 0 Å². The van der Waals surface area contributed by atoms with Crippen LogP contribution in [0, 0.1) is 0 Å². The lowest BCUT2D eigenvalue weighted by molar-refractivity contribution is 0.0602. The van der Waals surface area contributed by atoms with Gasteiger partial charge in [0.2, 0.25) is 0 Å². The number of hydrogen-bond donors (Lipinski definition) is 2. The second-order valence-electron chi connectivity index (χ2n) is 4.83. The van der Waals surface area contributed by atoms with E-state index in [0.717, 1.165) is 18.5 Å². The Morgan fingerprint density at radius 3 is 2.52 bits per heavy atom. The van der Waals surface area contributed by atoms with Crippen LogP contribution in [0.2, 0.25) is 0 Å². The lowest BCUT2D eigenvalue weighted by Crippen LogP contribution is -2.07. The molecule has 3 N–H and O–H groups in total. The van der Waals surface area contributed by atoms with E-state index in [-0.39, 0.29) is 0 Å². The molecule has 2 aromatic rings. The number of nitrogens with one attached hydrogen (secondary N) is 1. The van der Waals surface area contributed by atoms with E-state index in [4.69, 9.17) is 10.5 Å². The number of para-hydroxylation sites is 1. The van der Waals surface area contributed by atoms with Crippen LogP contribution >= 0.6 is 0 Å². The lowest BCUT2D eigenvalue weighted by Gasteiger charge is -2.13. The van der Waals surface area contributed by atoms with Gasteiger partial charge in [0.1, 0.15) is 0 Å². The number of carbonyl (C=O) groups is 1. The molecule has 2 rings (SSSR count). The summed E-state index contributed by atoms with van der Waals surface area (Å²) < 4.78 is 4.79. The number of anilines is 3. The number of benzene rings is 2. The number of esters is 1. The fourth-order valence-electron chi connectivity index (χ4n) is 2.18. The first-order valence-corrected chi connectivity index (χ1v) is 6.98. The predicted octanol–water partition coefficient (Wildman–Crippen LogP) is 3.75. The van der Waals surface area contributed by atoms with Gasteiger partial charge in [0.25, 0.3) is 0 Å². The third-order valence-corrected chi connectivity index (χ3v) is 3.26. The fraction of sp³-hybridized carbons (Fsp3) is 0.235. The molecule has 0 saturated carbocycles. The largest absolute Gasteiger partial charge is 0.465 e. The molecule has 110 valence electrons. The van der Waals surface area contributed by atoms with Crippen LogP contribution in [-0.4, -0.2) is 13.1 Å². The SMILES string of the molecule is CCCc1ccc(Nc2c(N)cccc2C(=O)OC)cc1. The van der Waals surface area contributed by atoms with Crippen molar-refractivity contribution in [1.82, 2.24) is 0 Å². The number of hydrogen-bond acceptors (Lipinski definition) is 4. The number of aryl methyl sites for hydroxylation is 1. The highest BCUT2D eigenvalue weighted by Crippen LogP contribution is 2.28. The van der Waals surface area contributed by atoms with E-state index in [0.29, 0.717) is 16.9 Å². The van der Waals surface area contributed by atoms with Crippen LogP contribution in [0.25, 0.3) is 0 Å². The summed E-state index contributed by atoms with van der Waals surface area (Å²) >= 11 is 0. The standard InChI is InChI=1S/C17H20N2O2/c1-3-5-12-8-10-13(11-9-12)19-16-14(17(20)21-2)6-4-7-15(16)18/h4,6-11,19H,3,5,18H2,1-2H3. The molecule has 0 radical (unpaired) electrons.